The first-order chi connectivity index (χ1) is 16.1. The number of hydrogen-bond acceptors (Lipinski definition) is 4. The van der Waals surface area contributed by atoms with Crippen LogP contribution in [0.1, 0.15) is 41.8 Å². The van der Waals surface area contributed by atoms with Crippen LogP contribution in [0.5, 0.6) is 0 Å². The van der Waals surface area contributed by atoms with E-state index in [1.165, 1.54) is 17.5 Å². The van der Waals surface area contributed by atoms with Gasteiger partial charge in [0.15, 0.2) is 0 Å². The lowest BCUT2D eigenvalue weighted by Gasteiger charge is -2.23. The average molecular weight is 472 g/mol. The number of alkyl halides is 2. The number of nitrogens with zero attached hydrogens (tertiary/aromatic N) is 1. The van der Waals surface area contributed by atoms with E-state index in [1.807, 2.05) is 30.3 Å². The normalized spacial score (nSPS) is 20.1. The highest BCUT2D eigenvalue weighted by Gasteiger charge is 2.41. The van der Waals surface area contributed by atoms with E-state index >= 15 is 0 Å². The second-order valence-electron chi connectivity index (χ2n) is 9.04. The molecule has 1 unspecified atom stereocenters. The van der Waals surface area contributed by atoms with Crippen LogP contribution in [0.15, 0.2) is 42.5 Å². The highest BCUT2D eigenvalue weighted by molar-refractivity contribution is 5.99. The van der Waals surface area contributed by atoms with Crippen molar-refractivity contribution in [1.82, 2.24) is 15.5 Å². The molecule has 0 radical (unpaired) electrons. The Labute approximate surface area is 196 Å². The minimum Gasteiger partial charge on any atom is -0.357 e. The van der Waals surface area contributed by atoms with Crippen LogP contribution in [0.2, 0.25) is 0 Å². The third-order valence-corrected chi connectivity index (χ3v) is 6.67. The van der Waals surface area contributed by atoms with Gasteiger partial charge in [0.05, 0.1) is 12.6 Å². The smallest absolute Gasteiger partial charge is 0.345 e. The lowest BCUT2D eigenvalue weighted by atomic mass is 9.82. The van der Waals surface area contributed by atoms with Crippen molar-refractivity contribution in [3.63, 3.8) is 0 Å². The van der Waals surface area contributed by atoms with Crippen molar-refractivity contribution in [2.75, 3.05) is 20.1 Å². The van der Waals surface area contributed by atoms with Gasteiger partial charge in [-0.1, -0.05) is 44.2 Å². The van der Waals surface area contributed by atoms with Crippen LogP contribution in [0, 0.1) is 0 Å². The van der Waals surface area contributed by atoms with E-state index in [1.54, 1.807) is 6.07 Å². The zero-order valence-electron chi connectivity index (χ0n) is 19.2. The molecule has 1 aliphatic carbocycles. The van der Waals surface area contributed by atoms with Gasteiger partial charge >= 0.3 is 6.61 Å². The zero-order chi connectivity index (χ0) is 24.6. The number of fused-ring (bicyclic) bond motifs is 3. The van der Waals surface area contributed by atoms with Gasteiger partial charge in [-0.05, 0) is 34.4 Å². The van der Waals surface area contributed by atoms with Crippen LogP contribution in [0.25, 0.3) is 11.1 Å². The number of benzene rings is 2. The van der Waals surface area contributed by atoms with Crippen LogP contribution < -0.4 is 10.6 Å². The molecule has 0 bridgehead atoms. The maximum atomic E-state index is 12.8. The molecule has 2 aromatic carbocycles. The summed E-state index contributed by atoms with van der Waals surface area (Å²) in [6, 6.07) is 12.6. The third-order valence-electron chi connectivity index (χ3n) is 6.67. The number of ether oxygens (including phenoxy) is 1. The Morgan fingerprint density at radius 3 is 2.53 bits per heavy atom. The molecule has 1 fully saturated rings. The van der Waals surface area contributed by atoms with Crippen LogP contribution in [-0.2, 0) is 19.7 Å². The summed E-state index contributed by atoms with van der Waals surface area (Å²) in [5.41, 5.74) is 4.58. The van der Waals surface area contributed by atoms with E-state index in [2.05, 4.69) is 35.3 Å². The summed E-state index contributed by atoms with van der Waals surface area (Å²) in [5.74, 6) is -1.45. The molecule has 1 heterocycles. The van der Waals surface area contributed by atoms with E-state index < -0.39 is 36.5 Å². The maximum absolute atomic E-state index is 12.8. The third kappa shape index (κ3) is 4.27. The van der Waals surface area contributed by atoms with Gasteiger partial charge in [-0.3, -0.25) is 14.4 Å². The molecule has 2 N–H and O–H groups in total. The lowest BCUT2D eigenvalue weighted by Crippen LogP contribution is -2.48. The largest absolute Gasteiger partial charge is 0.357 e. The summed E-state index contributed by atoms with van der Waals surface area (Å²) in [7, 11) is 1.40. The summed E-state index contributed by atoms with van der Waals surface area (Å²) >= 11 is 0. The molecular formula is C25H27F2N3O4. The molecule has 1 saturated heterocycles. The quantitative estimate of drug-likeness (QED) is 0.678. The molecule has 0 saturated carbocycles. The second kappa shape index (κ2) is 9.13. The van der Waals surface area contributed by atoms with Crippen LogP contribution >= 0.6 is 0 Å². The van der Waals surface area contributed by atoms with Crippen LogP contribution in [0.4, 0.5) is 8.78 Å². The predicted molar refractivity (Wildman–Crippen MR) is 121 cm³/mol. The van der Waals surface area contributed by atoms with E-state index in [0.29, 0.717) is 5.56 Å². The summed E-state index contributed by atoms with van der Waals surface area (Å²) < 4.78 is 29.7. The Morgan fingerprint density at radius 2 is 1.82 bits per heavy atom. The first-order valence-electron chi connectivity index (χ1n) is 11.1. The molecular weight excluding hydrogens is 444 g/mol. The Kier molecular flexibility index (Phi) is 6.40. The van der Waals surface area contributed by atoms with E-state index in [9.17, 15) is 23.2 Å². The Bertz CT molecular complexity index is 1130. The molecule has 1 aliphatic heterocycles. The maximum Gasteiger partial charge on any atom is 0.345 e. The number of halogens is 2. The molecule has 7 nitrogen and oxygen atoms in total. The van der Waals surface area contributed by atoms with Crippen molar-refractivity contribution in [3.8, 4) is 11.1 Å². The molecule has 3 amide bonds. The van der Waals surface area contributed by atoms with Crippen LogP contribution in [-0.4, -0.2) is 61.5 Å². The monoisotopic (exact) mass is 471 g/mol. The van der Waals surface area contributed by atoms with Gasteiger partial charge < -0.3 is 20.3 Å². The molecule has 9 heteroatoms. The molecule has 34 heavy (non-hydrogen) atoms. The number of amides is 3. The summed E-state index contributed by atoms with van der Waals surface area (Å²) in [6.45, 7) is 0.759. The SMILES string of the molecule is CNC(=O)C1C[C@@H](OC(F)F)CN1C(=O)CNC(=O)c1ccc2c(c1)-c1ccccc1C2(C)C. The fraction of sp³-hybridized carbons (Fsp3) is 0.400. The van der Waals surface area contributed by atoms with E-state index in [0.717, 1.165) is 16.7 Å². The lowest BCUT2D eigenvalue weighted by molar-refractivity contribution is -0.160. The highest BCUT2D eigenvalue weighted by Crippen LogP contribution is 2.48. The second-order valence-corrected chi connectivity index (χ2v) is 9.04. The van der Waals surface area contributed by atoms with Gasteiger partial charge in [0, 0.05) is 31.0 Å². The molecule has 4 rings (SSSR count). The standard InChI is InChI=1S/C25H27F2N3O4/c1-25(2)18-7-5-4-6-16(18)17-10-14(8-9-19(17)25)22(32)29-12-21(31)30-13-15(34-24(26)27)11-20(30)23(33)28-3/h4-10,15,20,24H,11-13H2,1-3H3,(H,28,33)(H,29,32)/t15-,20?/m1/s1. The van der Waals surface area contributed by atoms with Crippen molar-refractivity contribution in [3.05, 3.63) is 59.2 Å². The number of carbonyl (C=O) groups excluding carboxylic acids is 3. The van der Waals surface area contributed by atoms with Gasteiger partial charge in [0.2, 0.25) is 11.8 Å². The minimum absolute atomic E-state index is 0.0380. The van der Waals surface area contributed by atoms with Gasteiger partial charge in [-0.2, -0.15) is 8.78 Å². The number of nitrogens with one attached hydrogen (secondary N) is 2. The van der Waals surface area contributed by atoms with Crippen molar-refractivity contribution in [1.29, 1.82) is 0 Å². The summed E-state index contributed by atoms with van der Waals surface area (Å²) in [6.07, 6.45) is -0.994. The number of likely N-dealkylation sites (tertiary alicyclic amines) is 1. The predicted octanol–water partition coefficient (Wildman–Crippen LogP) is 2.68. The van der Waals surface area contributed by atoms with E-state index in [-0.39, 0.29) is 24.9 Å². The van der Waals surface area contributed by atoms with E-state index in [4.69, 9.17) is 0 Å². The zero-order valence-corrected chi connectivity index (χ0v) is 19.2. The van der Waals surface area contributed by atoms with Crippen molar-refractivity contribution >= 4 is 17.7 Å². The summed E-state index contributed by atoms with van der Waals surface area (Å²) in [5, 5.41) is 5.03. The van der Waals surface area contributed by atoms with Crippen molar-refractivity contribution in [2.24, 2.45) is 0 Å². The fourth-order valence-electron chi connectivity index (χ4n) is 4.95. The van der Waals surface area contributed by atoms with Gasteiger partial charge in [0.25, 0.3) is 5.91 Å². The minimum atomic E-state index is -3.00. The number of likely N-dealkylation sites (N-methyl/N-ethyl adjacent to an activating group) is 1. The molecule has 0 spiro atoms. The molecule has 0 aromatic heterocycles. The average Bonchev–Trinajstić information content (AvgIpc) is 3.33. The number of carbonyl (C=O) groups is 3. The highest BCUT2D eigenvalue weighted by atomic mass is 19.3. The number of hydrogen-bond donors (Lipinski definition) is 2. The van der Waals surface area contributed by atoms with Gasteiger partial charge in [-0.15, -0.1) is 0 Å². The first kappa shape index (κ1) is 23.8. The summed E-state index contributed by atoms with van der Waals surface area (Å²) in [4.78, 5) is 38.9. The van der Waals surface area contributed by atoms with Crippen molar-refractivity contribution in [2.45, 2.75) is 44.4 Å². The molecule has 2 atom stereocenters. The molecule has 2 aromatic rings. The van der Waals surface area contributed by atoms with Crippen LogP contribution in [0.3, 0.4) is 0 Å². The number of rotatable bonds is 6. The molecule has 180 valence electrons. The first-order valence-corrected chi connectivity index (χ1v) is 11.1. The Hall–Kier alpha value is -3.33. The van der Waals surface area contributed by atoms with Crippen molar-refractivity contribution < 1.29 is 27.9 Å². The Morgan fingerprint density at radius 1 is 1.12 bits per heavy atom. The van der Waals surface area contributed by atoms with Gasteiger partial charge in [0.1, 0.15) is 6.04 Å². The molecule has 2 aliphatic rings. The van der Waals surface area contributed by atoms with Gasteiger partial charge in [-0.25, -0.2) is 0 Å². The Balaban J connectivity index is 1.46. The topological polar surface area (TPSA) is 87.7 Å². The fourth-order valence-corrected chi connectivity index (χ4v) is 4.95.